The number of benzene rings is 2. The number of Topliss-reactive ketones (excluding diaryl/α,β-unsaturated/α-hetero) is 1. The lowest BCUT2D eigenvalue weighted by atomic mass is 10.0. The van der Waals surface area contributed by atoms with Gasteiger partial charge in [0.1, 0.15) is 11.5 Å². The summed E-state index contributed by atoms with van der Waals surface area (Å²) in [4.78, 5) is 35.7. The molecule has 0 saturated carbocycles. The van der Waals surface area contributed by atoms with Gasteiger partial charge >= 0.3 is 0 Å². The second-order valence-electron chi connectivity index (χ2n) is 5.75. The Kier molecular flexibility index (Phi) is 5.17. The molecule has 0 atom stereocenters. The van der Waals surface area contributed by atoms with E-state index in [1.165, 1.54) is 0 Å². The van der Waals surface area contributed by atoms with Gasteiger partial charge in [0, 0.05) is 24.1 Å². The maximum Gasteiger partial charge on any atom is 0.262 e. The number of carbonyl (C=O) groups is 3. The molecule has 0 aromatic heterocycles. The minimum Gasteiger partial charge on any atom is -0.497 e. The summed E-state index contributed by atoms with van der Waals surface area (Å²) in [6.07, 6.45) is 0.125. The van der Waals surface area contributed by atoms with Crippen molar-refractivity contribution >= 4 is 29.0 Å². The predicted octanol–water partition coefficient (Wildman–Crippen LogP) is 2.63. The quantitative estimate of drug-likeness (QED) is 0.778. The molecule has 2 aromatic carbocycles. The Hall–Kier alpha value is -3.35. The molecule has 2 N–H and O–H groups in total. The molecule has 3 rings (SSSR count). The van der Waals surface area contributed by atoms with Gasteiger partial charge in [-0.15, -0.1) is 0 Å². The van der Waals surface area contributed by atoms with E-state index in [0.717, 1.165) is 0 Å². The van der Waals surface area contributed by atoms with Gasteiger partial charge in [0.2, 0.25) is 5.91 Å². The number of rotatable bonds is 6. The highest BCUT2D eigenvalue weighted by atomic mass is 16.5. The highest BCUT2D eigenvalue weighted by Gasteiger charge is 2.18. The van der Waals surface area contributed by atoms with Crippen LogP contribution in [0, 0.1) is 0 Å². The van der Waals surface area contributed by atoms with Crippen molar-refractivity contribution in [3.8, 4) is 11.5 Å². The minimum absolute atomic E-state index is 0.0359. The molecule has 134 valence electrons. The van der Waals surface area contributed by atoms with Gasteiger partial charge in [-0.2, -0.15) is 0 Å². The molecule has 0 fully saturated rings. The summed E-state index contributed by atoms with van der Waals surface area (Å²) in [5, 5.41) is 5.39. The Morgan fingerprint density at radius 3 is 2.65 bits per heavy atom. The zero-order chi connectivity index (χ0) is 18.5. The first-order valence-electron chi connectivity index (χ1n) is 8.09. The minimum atomic E-state index is -0.263. The van der Waals surface area contributed by atoms with E-state index in [0.29, 0.717) is 28.4 Å². The van der Waals surface area contributed by atoms with Crippen molar-refractivity contribution in [3.05, 3.63) is 48.0 Å². The summed E-state index contributed by atoms with van der Waals surface area (Å²) in [6, 6.07) is 11.8. The molecule has 1 aliphatic heterocycles. The lowest BCUT2D eigenvalue weighted by molar-refractivity contribution is -0.118. The summed E-state index contributed by atoms with van der Waals surface area (Å²) in [5.41, 5.74) is 1.53. The normalized spacial score (nSPS) is 12.4. The number of fused-ring (bicyclic) bond motifs is 1. The molecule has 0 spiro atoms. The number of ether oxygens (including phenoxy) is 2. The summed E-state index contributed by atoms with van der Waals surface area (Å²) >= 11 is 0. The fourth-order valence-corrected chi connectivity index (χ4v) is 2.53. The molecular weight excluding hydrogens is 336 g/mol. The highest BCUT2D eigenvalue weighted by molar-refractivity contribution is 6.02. The molecule has 0 bridgehead atoms. The lowest BCUT2D eigenvalue weighted by Gasteiger charge is -2.18. The number of hydrogen-bond acceptors (Lipinski definition) is 5. The van der Waals surface area contributed by atoms with E-state index in [4.69, 9.17) is 9.47 Å². The van der Waals surface area contributed by atoms with Crippen LogP contribution in [0.5, 0.6) is 11.5 Å². The number of anilines is 2. The van der Waals surface area contributed by atoms with Crippen LogP contribution in [0.3, 0.4) is 0 Å². The van der Waals surface area contributed by atoms with Crippen molar-refractivity contribution in [3.63, 3.8) is 0 Å². The van der Waals surface area contributed by atoms with Crippen molar-refractivity contribution < 1.29 is 23.9 Å². The van der Waals surface area contributed by atoms with Crippen molar-refractivity contribution in [2.75, 3.05) is 24.4 Å². The van der Waals surface area contributed by atoms with Crippen LogP contribution in [-0.2, 0) is 9.59 Å². The van der Waals surface area contributed by atoms with Crippen LogP contribution in [0.4, 0.5) is 11.4 Å². The van der Waals surface area contributed by atoms with Gasteiger partial charge in [0.15, 0.2) is 12.4 Å². The van der Waals surface area contributed by atoms with E-state index in [-0.39, 0.29) is 37.0 Å². The molecule has 7 nitrogen and oxygen atoms in total. The topological polar surface area (TPSA) is 93.7 Å². The molecule has 0 radical (unpaired) electrons. The summed E-state index contributed by atoms with van der Waals surface area (Å²) < 4.78 is 10.3. The average molecular weight is 354 g/mol. The van der Waals surface area contributed by atoms with Gasteiger partial charge in [0.05, 0.1) is 12.8 Å². The second-order valence-corrected chi connectivity index (χ2v) is 5.75. The van der Waals surface area contributed by atoms with Crippen molar-refractivity contribution in [2.24, 2.45) is 0 Å². The predicted molar refractivity (Wildman–Crippen MR) is 95.8 cm³/mol. The monoisotopic (exact) mass is 354 g/mol. The zero-order valence-corrected chi connectivity index (χ0v) is 14.2. The van der Waals surface area contributed by atoms with Crippen molar-refractivity contribution in [2.45, 2.75) is 12.8 Å². The molecule has 2 aromatic rings. The Bertz CT molecular complexity index is 846. The smallest absolute Gasteiger partial charge is 0.262 e. The average Bonchev–Trinajstić information content (AvgIpc) is 2.66. The first-order chi connectivity index (χ1) is 12.5. The van der Waals surface area contributed by atoms with Crippen LogP contribution in [0.15, 0.2) is 42.5 Å². The van der Waals surface area contributed by atoms with Crippen LogP contribution >= 0.6 is 0 Å². The fourth-order valence-electron chi connectivity index (χ4n) is 2.53. The number of carbonyl (C=O) groups excluding carboxylic acids is 3. The Balaban J connectivity index is 1.55. The molecule has 1 aliphatic rings. The Labute approximate surface area is 150 Å². The number of amides is 2. The largest absolute Gasteiger partial charge is 0.497 e. The Morgan fingerprint density at radius 2 is 1.92 bits per heavy atom. The Morgan fingerprint density at radius 1 is 1.15 bits per heavy atom. The van der Waals surface area contributed by atoms with E-state index >= 15 is 0 Å². The van der Waals surface area contributed by atoms with Gasteiger partial charge in [0.25, 0.3) is 5.91 Å². The highest BCUT2D eigenvalue weighted by Crippen LogP contribution is 2.29. The van der Waals surface area contributed by atoms with Crippen LogP contribution in [-0.4, -0.2) is 31.3 Å². The van der Waals surface area contributed by atoms with Gasteiger partial charge in [-0.1, -0.05) is 0 Å². The zero-order valence-electron chi connectivity index (χ0n) is 14.2. The molecular formula is C19H18N2O5. The number of ketones is 1. The lowest BCUT2D eigenvalue weighted by Crippen LogP contribution is -2.25. The summed E-state index contributed by atoms with van der Waals surface area (Å²) in [5.74, 6) is 0.525. The fraction of sp³-hybridized carbons (Fsp3) is 0.211. The third-order valence-corrected chi connectivity index (χ3v) is 3.89. The molecule has 1 heterocycles. The van der Waals surface area contributed by atoms with Gasteiger partial charge in [-0.05, 0) is 42.5 Å². The molecule has 7 heteroatoms. The first kappa shape index (κ1) is 17.5. The van der Waals surface area contributed by atoms with Crippen molar-refractivity contribution in [1.29, 1.82) is 0 Å². The van der Waals surface area contributed by atoms with E-state index in [1.807, 2.05) is 0 Å². The summed E-state index contributed by atoms with van der Waals surface area (Å²) in [6.45, 7) is -0.0359. The van der Waals surface area contributed by atoms with E-state index in [9.17, 15) is 14.4 Å². The van der Waals surface area contributed by atoms with Crippen LogP contribution < -0.4 is 20.1 Å². The number of methoxy groups -OCH3 is 1. The van der Waals surface area contributed by atoms with Crippen LogP contribution in [0.25, 0.3) is 0 Å². The SMILES string of the molecule is COc1ccc(NC(=O)CCC(=O)c2ccc3c(c2)NC(=O)CO3)cc1. The second kappa shape index (κ2) is 7.69. The molecule has 0 unspecified atom stereocenters. The number of nitrogens with one attached hydrogen (secondary N) is 2. The first-order valence-corrected chi connectivity index (χ1v) is 8.09. The van der Waals surface area contributed by atoms with Crippen molar-refractivity contribution in [1.82, 2.24) is 0 Å². The van der Waals surface area contributed by atoms with E-state index < -0.39 is 0 Å². The third kappa shape index (κ3) is 4.18. The summed E-state index contributed by atoms with van der Waals surface area (Å²) in [7, 11) is 1.57. The van der Waals surface area contributed by atoms with Gasteiger partial charge < -0.3 is 20.1 Å². The third-order valence-electron chi connectivity index (χ3n) is 3.89. The van der Waals surface area contributed by atoms with E-state index in [1.54, 1.807) is 49.6 Å². The maximum atomic E-state index is 12.3. The van der Waals surface area contributed by atoms with Crippen LogP contribution in [0.2, 0.25) is 0 Å². The number of hydrogen-bond donors (Lipinski definition) is 2. The van der Waals surface area contributed by atoms with Gasteiger partial charge in [-0.25, -0.2) is 0 Å². The molecule has 2 amide bonds. The maximum absolute atomic E-state index is 12.3. The van der Waals surface area contributed by atoms with Gasteiger partial charge in [-0.3, -0.25) is 14.4 Å². The molecule has 0 saturated heterocycles. The van der Waals surface area contributed by atoms with E-state index in [2.05, 4.69) is 10.6 Å². The van der Waals surface area contributed by atoms with Crippen LogP contribution in [0.1, 0.15) is 23.2 Å². The molecule has 26 heavy (non-hydrogen) atoms. The molecule has 0 aliphatic carbocycles. The standard InChI is InChI=1S/C19H18N2O5/c1-25-14-5-3-13(4-6-14)20-18(23)9-7-16(22)12-2-8-17-15(10-12)21-19(24)11-26-17/h2-6,8,10H,7,9,11H2,1H3,(H,20,23)(H,21,24).